The van der Waals surface area contributed by atoms with E-state index in [1.807, 2.05) is 77.8 Å². The van der Waals surface area contributed by atoms with Crippen molar-refractivity contribution in [2.24, 2.45) is 0 Å². The smallest absolute Gasteiger partial charge is 0.337 e. The van der Waals surface area contributed by atoms with Crippen LogP contribution < -0.4 is 9.64 Å². The highest BCUT2D eigenvalue weighted by Gasteiger charge is 2.32. The van der Waals surface area contributed by atoms with E-state index >= 15 is 0 Å². The molecule has 0 bridgehead atoms. The minimum absolute atomic E-state index is 0.0521. The summed E-state index contributed by atoms with van der Waals surface area (Å²) < 4.78 is 12.5. The molecule has 1 aliphatic heterocycles. The van der Waals surface area contributed by atoms with Crippen LogP contribution in [0.25, 0.3) is 16.8 Å². The molecule has 1 saturated heterocycles. The van der Waals surface area contributed by atoms with Crippen LogP contribution in [0.4, 0.5) is 16.2 Å². The SMILES string of the molecule is COC(=O)c1ccc(N(C(=O)N2CCCC(c3nc(-c4cccc(OC)c4)c4ccccn34)C2)c2ccccc2)cc1. The Kier molecular flexibility index (Phi) is 7.60. The Balaban J connectivity index is 1.33. The van der Waals surface area contributed by atoms with Gasteiger partial charge in [-0.25, -0.2) is 14.6 Å². The Bertz CT molecular complexity index is 1720. The number of carbonyl (C=O) groups excluding carboxylic acids is 2. The number of hydrogen-bond donors (Lipinski definition) is 0. The van der Waals surface area contributed by atoms with Crippen molar-refractivity contribution in [2.45, 2.75) is 18.8 Å². The predicted octanol–water partition coefficient (Wildman–Crippen LogP) is 6.93. The number of carbonyl (C=O) groups is 2. The maximum atomic E-state index is 14.2. The van der Waals surface area contributed by atoms with Gasteiger partial charge >= 0.3 is 12.0 Å². The summed E-state index contributed by atoms with van der Waals surface area (Å²) in [6.07, 6.45) is 3.83. The lowest BCUT2D eigenvalue weighted by atomic mass is 9.97. The fourth-order valence-corrected chi connectivity index (χ4v) is 5.65. The second-order valence-corrected chi connectivity index (χ2v) is 10.3. The number of hydrogen-bond acceptors (Lipinski definition) is 5. The van der Waals surface area contributed by atoms with Crippen LogP contribution >= 0.6 is 0 Å². The van der Waals surface area contributed by atoms with Gasteiger partial charge in [0.2, 0.25) is 0 Å². The number of methoxy groups -OCH3 is 2. The molecule has 3 heterocycles. The topological polar surface area (TPSA) is 76.4 Å². The van der Waals surface area contributed by atoms with Crippen LogP contribution in [0.5, 0.6) is 5.75 Å². The van der Waals surface area contributed by atoms with Crippen LogP contribution in [0.3, 0.4) is 0 Å². The lowest BCUT2D eigenvalue weighted by Crippen LogP contribution is -2.45. The molecule has 0 N–H and O–H groups in total. The molecule has 0 aliphatic carbocycles. The number of nitrogens with zero attached hydrogens (tertiary/aromatic N) is 4. The van der Waals surface area contributed by atoms with Crippen LogP contribution in [-0.2, 0) is 4.74 Å². The molecule has 2 amide bonds. The highest BCUT2D eigenvalue weighted by atomic mass is 16.5. The first-order valence-electron chi connectivity index (χ1n) is 14.0. The van der Waals surface area contributed by atoms with Crippen LogP contribution in [0.15, 0.2) is 103 Å². The Morgan fingerprint density at radius 2 is 1.64 bits per heavy atom. The van der Waals surface area contributed by atoms with E-state index in [0.29, 0.717) is 24.3 Å². The average molecular weight is 561 g/mol. The second-order valence-electron chi connectivity index (χ2n) is 10.3. The van der Waals surface area contributed by atoms with Crippen molar-refractivity contribution in [3.8, 4) is 17.0 Å². The van der Waals surface area contributed by atoms with E-state index in [1.54, 1.807) is 36.3 Å². The molecule has 1 atom stereocenters. The van der Waals surface area contributed by atoms with Gasteiger partial charge in [0, 0.05) is 30.8 Å². The first kappa shape index (κ1) is 27.1. The van der Waals surface area contributed by atoms with Gasteiger partial charge in [-0.15, -0.1) is 0 Å². The fourth-order valence-electron chi connectivity index (χ4n) is 5.65. The third-order valence-corrected chi connectivity index (χ3v) is 7.73. The Hall–Kier alpha value is -5.11. The minimum Gasteiger partial charge on any atom is -0.497 e. The molecule has 0 saturated carbocycles. The summed E-state index contributed by atoms with van der Waals surface area (Å²) >= 11 is 0. The third kappa shape index (κ3) is 5.19. The lowest BCUT2D eigenvalue weighted by Gasteiger charge is -2.36. The molecule has 1 fully saturated rings. The Labute approximate surface area is 244 Å². The van der Waals surface area contributed by atoms with Crippen molar-refractivity contribution in [3.63, 3.8) is 0 Å². The molecule has 2 aromatic heterocycles. The van der Waals surface area contributed by atoms with Crippen LogP contribution in [0.2, 0.25) is 0 Å². The summed E-state index contributed by atoms with van der Waals surface area (Å²) in [5, 5.41) is 0. The number of anilines is 2. The van der Waals surface area contributed by atoms with Gasteiger partial charge in [0.05, 0.1) is 42.4 Å². The minimum atomic E-state index is -0.418. The second kappa shape index (κ2) is 11.8. The molecule has 212 valence electrons. The number of aromatic nitrogens is 2. The molecule has 8 nitrogen and oxygen atoms in total. The number of rotatable bonds is 6. The molecule has 1 aliphatic rings. The maximum Gasteiger partial charge on any atom is 0.337 e. The number of fused-ring (bicyclic) bond motifs is 1. The van der Waals surface area contributed by atoms with Crippen LogP contribution in [-0.4, -0.2) is 53.6 Å². The van der Waals surface area contributed by atoms with Crippen molar-refractivity contribution in [1.29, 1.82) is 0 Å². The van der Waals surface area contributed by atoms with Gasteiger partial charge in [0.1, 0.15) is 11.6 Å². The zero-order valence-corrected chi connectivity index (χ0v) is 23.6. The fraction of sp³-hybridized carbons (Fsp3) is 0.206. The summed E-state index contributed by atoms with van der Waals surface area (Å²) in [4.78, 5) is 35.0. The van der Waals surface area contributed by atoms with E-state index in [4.69, 9.17) is 14.5 Å². The number of imidazole rings is 1. The first-order valence-corrected chi connectivity index (χ1v) is 14.0. The van der Waals surface area contributed by atoms with Gasteiger partial charge < -0.3 is 18.8 Å². The number of esters is 1. The van der Waals surface area contributed by atoms with E-state index in [0.717, 1.165) is 46.9 Å². The Morgan fingerprint density at radius 1 is 0.881 bits per heavy atom. The molecular weight excluding hydrogens is 528 g/mol. The quantitative estimate of drug-likeness (QED) is 0.210. The molecular formula is C34H32N4O4. The summed E-state index contributed by atoms with van der Waals surface area (Å²) in [5.74, 6) is 1.35. The molecule has 0 spiro atoms. The zero-order chi connectivity index (χ0) is 29.1. The van der Waals surface area contributed by atoms with Gasteiger partial charge in [-0.05, 0) is 73.5 Å². The van der Waals surface area contributed by atoms with Gasteiger partial charge in [0.25, 0.3) is 0 Å². The van der Waals surface area contributed by atoms with E-state index in [9.17, 15) is 9.59 Å². The number of pyridine rings is 1. The highest BCUT2D eigenvalue weighted by molar-refractivity contribution is 6.00. The van der Waals surface area contributed by atoms with E-state index in [2.05, 4.69) is 10.5 Å². The zero-order valence-electron chi connectivity index (χ0n) is 23.6. The summed E-state index contributed by atoms with van der Waals surface area (Å²) in [6.45, 7) is 1.18. The van der Waals surface area contributed by atoms with Crippen molar-refractivity contribution in [1.82, 2.24) is 14.3 Å². The third-order valence-electron chi connectivity index (χ3n) is 7.73. The summed E-state index contributed by atoms with van der Waals surface area (Å²) in [7, 11) is 3.02. The molecule has 42 heavy (non-hydrogen) atoms. The molecule has 8 heteroatoms. The number of ether oxygens (including phenoxy) is 2. The maximum absolute atomic E-state index is 14.2. The largest absolute Gasteiger partial charge is 0.497 e. The van der Waals surface area contributed by atoms with Gasteiger partial charge in [-0.1, -0.05) is 36.4 Å². The predicted molar refractivity (Wildman–Crippen MR) is 162 cm³/mol. The Morgan fingerprint density at radius 3 is 2.40 bits per heavy atom. The van der Waals surface area contributed by atoms with E-state index in [1.165, 1.54) is 7.11 Å². The summed E-state index contributed by atoms with van der Waals surface area (Å²) in [6, 6.07) is 30.4. The molecule has 3 aromatic carbocycles. The van der Waals surface area contributed by atoms with Crippen molar-refractivity contribution in [3.05, 3.63) is 115 Å². The monoisotopic (exact) mass is 560 g/mol. The van der Waals surface area contributed by atoms with Crippen molar-refractivity contribution < 1.29 is 19.1 Å². The van der Waals surface area contributed by atoms with Gasteiger partial charge in [-0.3, -0.25) is 4.90 Å². The number of benzene rings is 3. The number of amides is 2. The van der Waals surface area contributed by atoms with E-state index in [-0.39, 0.29) is 11.9 Å². The van der Waals surface area contributed by atoms with Crippen molar-refractivity contribution >= 4 is 28.9 Å². The summed E-state index contributed by atoms with van der Waals surface area (Å²) in [5.41, 5.74) is 4.75. The number of urea groups is 1. The van der Waals surface area contributed by atoms with E-state index < -0.39 is 5.97 Å². The number of para-hydroxylation sites is 1. The first-order chi connectivity index (χ1) is 20.6. The van der Waals surface area contributed by atoms with Crippen LogP contribution in [0, 0.1) is 0 Å². The molecule has 0 radical (unpaired) electrons. The number of likely N-dealkylation sites (tertiary alicyclic amines) is 1. The van der Waals surface area contributed by atoms with Crippen LogP contribution in [0.1, 0.15) is 34.9 Å². The highest BCUT2D eigenvalue weighted by Crippen LogP contribution is 2.35. The molecule has 5 aromatic rings. The average Bonchev–Trinajstić information content (AvgIpc) is 3.45. The number of piperidine rings is 1. The standard InChI is InChI=1S/C34H32N4O4/c1-41-29-14-8-10-25(22-29)31-30-15-6-7-21-37(30)32(35-31)26-11-9-20-36(23-26)34(40)38(27-12-4-3-5-13-27)28-18-16-24(17-19-28)33(39)42-2/h3-8,10,12-19,21-22,26H,9,11,20,23H2,1-2H3. The lowest BCUT2D eigenvalue weighted by molar-refractivity contribution is 0.0600. The normalized spacial score (nSPS) is 14.9. The molecule has 1 unspecified atom stereocenters. The molecule has 6 rings (SSSR count). The van der Waals surface area contributed by atoms with Gasteiger partial charge in [-0.2, -0.15) is 0 Å². The van der Waals surface area contributed by atoms with Crippen molar-refractivity contribution in [2.75, 3.05) is 32.2 Å². The van der Waals surface area contributed by atoms with Gasteiger partial charge in [0.15, 0.2) is 0 Å².